The van der Waals surface area contributed by atoms with Crippen molar-refractivity contribution in [2.75, 3.05) is 10.6 Å². The zero-order chi connectivity index (χ0) is 20.2. The van der Waals surface area contributed by atoms with Crippen LogP contribution in [0.3, 0.4) is 0 Å². The second-order valence-corrected chi connectivity index (χ2v) is 6.75. The smallest absolute Gasteiger partial charge is 0.389 e. The molecule has 10 heteroatoms. The molecule has 150 valence electrons. The summed E-state index contributed by atoms with van der Waals surface area (Å²) in [5, 5.41) is 14.6. The number of anilines is 2. The van der Waals surface area contributed by atoms with Crippen LogP contribution in [0.5, 0.6) is 0 Å². The van der Waals surface area contributed by atoms with Gasteiger partial charge in [-0.1, -0.05) is 20.8 Å². The van der Waals surface area contributed by atoms with Crippen molar-refractivity contribution in [3.8, 4) is 0 Å². The van der Waals surface area contributed by atoms with E-state index in [0.29, 0.717) is 24.8 Å². The first-order valence-corrected chi connectivity index (χ1v) is 8.89. The van der Waals surface area contributed by atoms with Gasteiger partial charge in [0.05, 0.1) is 6.10 Å². The summed E-state index contributed by atoms with van der Waals surface area (Å²) in [7, 11) is 0. The van der Waals surface area contributed by atoms with Crippen LogP contribution >= 0.6 is 0 Å². The fraction of sp³-hybridized carbons (Fsp3) is 0.647. The monoisotopic (exact) mass is 387 g/mol. The molecule has 0 radical (unpaired) electrons. The van der Waals surface area contributed by atoms with Crippen LogP contribution in [-0.4, -0.2) is 44.3 Å². The Morgan fingerprint density at radius 2 is 1.96 bits per heavy atom. The summed E-state index contributed by atoms with van der Waals surface area (Å²) in [5.41, 5.74) is 0.610. The number of hydrogen-bond acceptors (Lipinski definition) is 6. The van der Waals surface area contributed by atoms with E-state index in [1.807, 2.05) is 0 Å². The lowest BCUT2D eigenvalue weighted by molar-refractivity contribution is -0.143. The third kappa shape index (κ3) is 5.88. The molecule has 2 atom stereocenters. The van der Waals surface area contributed by atoms with Crippen molar-refractivity contribution in [2.45, 2.75) is 64.8 Å². The molecule has 1 aliphatic rings. The summed E-state index contributed by atoms with van der Waals surface area (Å²) in [5.74, 6) is -0.972. The molecule has 3 N–H and O–H groups in total. The van der Waals surface area contributed by atoms with E-state index in [9.17, 15) is 23.1 Å². The molecule has 0 aliphatic heterocycles. The molecule has 0 saturated carbocycles. The average molecular weight is 387 g/mol. The highest BCUT2D eigenvalue weighted by Gasteiger charge is 2.39. The van der Waals surface area contributed by atoms with Crippen LogP contribution in [0, 0.1) is 5.92 Å². The van der Waals surface area contributed by atoms with E-state index in [-0.39, 0.29) is 36.0 Å². The van der Waals surface area contributed by atoms with Gasteiger partial charge < -0.3 is 10.4 Å². The van der Waals surface area contributed by atoms with Crippen LogP contribution in [0.4, 0.5) is 25.1 Å². The first-order chi connectivity index (χ1) is 12.6. The van der Waals surface area contributed by atoms with Gasteiger partial charge in [0.1, 0.15) is 6.04 Å². The van der Waals surface area contributed by atoms with Gasteiger partial charge in [-0.05, 0) is 37.3 Å². The van der Waals surface area contributed by atoms with Crippen molar-refractivity contribution in [2.24, 2.45) is 5.92 Å². The van der Waals surface area contributed by atoms with Gasteiger partial charge in [-0.25, -0.2) is 0 Å². The molecule has 1 aliphatic carbocycles. The Kier molecular flexibility index (Phi) is 6.74. The Morgan fingerprint density at radius 1 is 1.30 bits per heavy atom. The molecule has 1 amide bonds. The van der Waals surface area contributed by atoms with Gasteiger partial charge in [-0.3, -0.25) is 10.1 Å². The third-order valence-corrected chi connectivity index (χ3v) is 4.13. The predicted octanol–water partition coefficient (Wildman–Crippen LogP) is 3.15. The van der Waals surface area contributed by atoms with Gasteiger partial charge in [-0.15, -0.1) is 0 Å². The van der Waals surface area contributed by atoms with Crippen LogP contribution in [-0.2, 0) is 4.79 Å². The first-order valence-electron chi connectivity index (χ1n) is 8.89. The fourth-order valence-corrected chi connectivity index (χ4v) is 2.55. The maximum absolute atomic E-state index is 13.1. The molecule has 2 rings (SSSR count). The van der Waals surface area contributed by atoms with E-state index in [4.69, 9.17) is 0 Å². The second kappa shape index (κ2) is 8.64. The Bertz CT molecular complexity index is 706. The molecule has 0 fully saturated rings. The van der Waals surface area contributed by atoms with Crippen molar-refractivity contribution in [3.05, 3.63) is 11.9 Å². The Balaban J connectivity index is 2.39. The lowest BCUT2D eigenvalue weighted by atomic mass is 9.97. The minimum absolute atomic E-state index is 0.126. The van der Waals surface area contributed by atoms with Crippen LogP contribution in [0.2, 0.25) is 0 Å². The lowest BCUT2D eigenvalue weighted by Crippen LogP contribution is -2.36. The molecule has 1 aromatic heterocycles. The summed E-state index contributed by atoms with van der Waals surface area (Å²) in [6, 6.07) is -1.83. The van der Waals surface area contributed by atoms with E-state index in [1.54, 1.807) is 19.9 Å². The number of aliphatic hydroxyl groups excluding tert-OH is 1. The minimum atomic E-state index is -4.47. The maximum Gasteiger partial charge on any atom is 0.408 e. The number of nitrogens with one attached hydrogen (secondary N) is 2. The summed E-state index contributed by atoms with van der Waals surface area (Å²) in [6.45, 7) is 4.75. The molecular weight excluding hydrogens is 363 g/mol. The molecule has 1 heterocycles. The van der Waals surface area contributed by atoms with Crippen LogP contribution in [0.1, 0.15) is 52.3 Å². The highest BCUT2D eigenvalue weighted by Crippen LogP contribution is 2.28. The Labute approximate surface area is 155 Å². The van der Waals surface area contributed by atoms with E-state index in [2.05, 4.69) is 25.6 Å². The number of nitrogens with zero attached hydrogens (tertiary/aromatic N) is 3. The summed E-state index contributed by atoms with van der Waals surface area (Å²) < 4.78 is 39.2. The number of alkyl halides is 3. The maximum atomic E-state index is 13.1. The molecular formula is C17H24F3N5O2. The van der Waals surface area contributed by atoms with E-state index in [0.717, 1.165) is 0 Å². The van der Waals surface area contributed by atoms with Crippen molar-refractivity contribution in [1.82, 2.24) is 15.0 Å². The van der Waals surface area contributed by atoms with Crippen LogP contribution in [0.25, 0.3) is 5.57 Å². The summed E-state index contributed by atoms with van der Waals surface area (Å²) in [4.78, 5) is 24.1. The third-order valence-electron chi connectivity index (χ3n) is 4.13. The highest BCUT2D eigenvalue weighted by molar-refractivity contribution is 5.90. The van der Waals surface area contributed by atoms with Gasteiger partial charge in [0.25, 0.3) is 0 Å². The van der Waals surface area contributed by atoms with Crippen molar-refractivity contribution < 1.29 is 23.1 Å². The number of carbonyl (C=O) groups excluding carboxylic acids is 1. The number of rotatable bonds is 6. The molecule has 0 bridgehead atoms. The molecule has 7 nitrogen and oxygen atoms in total. The van der Waals surface area contributed by atoms with Gasteiger partial charge in [0.15, 0.2) is 5.82 Å². The quantitative estimate of drug-likeness (QED) is 0.693. The molecule has 27 heavy (non-hydrogen) atoms. The minimum Gasteiger partial charge on any atom is -0.389 e. The van der Waals surface area contributed by atoms with Crippen LogP contribution in [0.15, 0.2) is 6.08 Å². The van der Waals surface area contributed by atoms with E-state index >= 15 is 0 Å². The number of aliphatic hydroxyl groups is 1. The lowest BCUT2D eigenvalue weighted by Gasteiger charge is -2.21. The number of halogens is 3. The molecule has 0 saturated heterocycles. The zero-order valence-corrected chi connectivity index (χ0v) is 15.5. The van der Waals surface area contributed by atoms with E-state index in [1.165, 1.54) is 6.92 Å². The van der Waals surface area contributed by atoms with Crippen molar-refractivity contribution in [3.63, 3.8) is 0 Å². The van der Waals surface area contributed by atoms with Gasteiger partial charge in [0.2, 0.25) is 17.8 Å². The molecule has 0 aromatic carbocycles. The standard InChI is InChI=1S/C17H24F3N5O2/c1-4-12(17(18,19)20)21-15-22-13(10-6-5-7-11(26)8-10)23-16(25-15)24-14(27)9(2)3/h8-9,11-12,26H,4-7H2,1-3H3,(H2,21,22,23,24,25,27)/t11?,12-/m1/s1. The van der Waals surface area contributed by atoms with Crippen LogP contribution < -0.4 is 10.6 Å². The summed E-state index contributed by atoms with van der Waals surface area (Å²) in [6.07, 6.45) is -1.87. The number of amides is 1. The van der Waals surface area contributed by atoms with Gasteiger partial charge in [-0.2, -0.15) is 28.1 Å². The summed E-state index contributed by atoms with van der Waals surface area (Å²) >= 11 is 0. The van der Waals surface area contributed by atoms with Crippen molar-refractivity contribution >= 4 is 23.4 Å². The van der Waals surface area contributed by atoms with Gasteiger partial charge in [0, 0.05) is 5.92 Å². The normalized spacial score (nSPS) is 18.8. The molecule has 1 aromatic rings. The number of hydrogen-bond donors (Lipinski definition) is 3. The molecule has 0 spiro atoms. The number of allylic oxidation sites excluding steroid dienone is 1. The Morgan fingerprint density at radius 3 is 2.52 bits per heavy atom. The molecule has 1 unspecified atom stereocenters. The largest absolute Gasteiger partial charge is 0.408 e. The van der Waals surface area contributed by atoms with Gasteiger partial charge >= 0.3 is 6.18 Å². The van der Waals surface area contributed by atoms with Crippen molar-refractivity contribution in [1.29, 1.82) is 0 Å². The SMILES string of the molecule is CC[C@@H](Nc1nc(NC(=O)C(C)C)nc(C2=CC(O)CCC2)n1)C(F)(F)F. The Hall–Kier alpha value is -2.23. The first kappa shape index (κ1) is 21.1. The topological polar surface area (TPSA) is 100 Å². The van der Waals surface area contributed by atoms with E-state index < -0.39 is 18.3 Å². The predicted molar refractivity (Wildman–Crippen MR) is 94.9 cm³/mol. The highest BCUT2D eigenvalue weighted by atomic mass is 19.4. The number of carbonyl (C=O) groups is 1. The number of aromatic nitrogens is 3. The zero-order valence-electron chi connectivity index (χ0n) is 15.5. The fourth-order valence-electron chi connectivity index (χ4n) is 2.55. The second-order valence-electron chi connectivity index (χ2n) is 6.75. The average Bonchev–Trinajstić information content (AvgIpc) is 2.58.